The van der Waals surface area contributed by atoms with E-state index in [1.807, 2.05) is 68.8 Å². The van der Waals surface area contributed by atoms with Gasteiger partial charge in [0.25, 0.3) is 0 Å². The molecule has 0 bridgehead atoms. The number of anilines is 1. The van der Waals surface area contributed by atoms with Gasteiger partial charge in [0.05, 0.1) is 30.1 Å². The zero-order valence-corrected chi connectivity index (χ0v) is 25.5. The lowest BCUT2D eigenvalue weighted by Crippen LogP contribution is -2.36. The minimum Gasteiger partial charge on any atom is -0.376 e. The molecule has 2 heterocycles. The highest BCUT2D eigenvalue weighted by molar-refractivity contribution is 6.02. The Morgan fingerprint density at radius 1 is 1.20 bits per heavy atom. The average Bonchev–Trinajstić information content (AvgIpc) is 3.33. The van der Waals surface area contributed by atoms with Crippen LogP contribution in [0.1, 0.15) is 66.5 Å². The number of para-hydroxylation sites is 1. The van der Waals surface area contributed by atoms with Crippen molar-refractivity contribution in [2.24, 2.45) is 0 Å². The maximum atomic E-state index is 13.7. The molecule has 0 fully saturated rings. The number of benzene rings is 1. The molecule has 0 saturated carbocycles. The Morgan fingerprint density at radius 3 is 2.63 bits per heavy atom. The van der Waals surface area contributed by atoms with E-state index in [-0.39, 0.29) is 30.3 Å². The van der Waals surface area contributed by atoms with E-state index in [2.05, 4.69) is 41.4 Å². The smallest absolute Gasteiger partial charge is 0.227 e. The number of allylic oxidation sites excluding steroid dienone is 3. The molecule has 1 aromatic heterocycles. The summed E-state index contributed by atoms with van der Waals surface area (Å²) in [5.41, 5.74) is 4.68. The number of amides is 2. The van der Waals surface area contributed by atoms with Gasteiger partial charge in [-0.2, -0.15) is 0 Å². The van der Waals surface area contributed by atoms with Crippen molar-refractivity contribution in [2.45, 2.75) is 79.0 Å². The van der Waals surface area contributed by atoms with Crippen LogP contribution >= 0.6 is 0 Å². The first-order valence-electron chi connectivity index (χ1n) is 14.6. The number of aromatic nitrogens is 3. The molecule has 0 radical (unpaired) electrons. The van der Waals surface area contributed by atoms with Gasteiger partial charge < -0.3 is 20.3 Å². The van der Waals surface area contributed by atoms with Crippen LogP contribution in [0.15, 0.2) is 54.6 Å². The van der Waals surface area contributed by atoms with Crippen molar-refractivity contribution in [3.63, 3.8) is 0 Å². The van der Waals surface area contributed by atoms with Gasteiger partial charge in [0.1, 0.15) is 5.69 Å². The van der Waals surface area contributed by atoms with E-state index in [9.17, 15) is 9.59 Å². The first-order valence-corrected chi connectivity index (χ1v) is 14.6. The Morgan fingerprint density at radius 2 is 1.95 bits per heavy atom. The maximum Gasteiger partial charge on any atom is 0.227 e. The summed E-state index contributed by atoms with van der Waals surface area (Å²) in [6, 6.07) is 8.11. The van der Waals surface area contributed by atoms with E-state index >= 15 is 0 Å². The Bertz CT molecular complexity index is 1270. The van der Waals surface area contributed by atoms with E-state index in [0.717, 1.165) is 34.6 Å². The number of fused-ring (bicyclic) bond motifs is 3. The van der Waals surface area contributed by atoms with Crippen LogP contribution in [0.25, 0.3) is 16.8 Å². The van der Waals surface area contributed by atoms with E-state index < -0.39 is 0 Å². The van der Waals surface area contributed by atoms with Crippen molar-refractivity contribution in [3.05, 3.63) is 60.3 Å². The van der Waals surface area contributed by atoms with Crippen molar-refractivity contribution < 1.29 is 14.3 Å². The number of rotatable bonds is 14. The molecule has 0 aliphatic carbocycles. The van der Waals surface area contributed by atoms with Crippen LogP contribution < -0.4 is 15.5 Å². The van der Waals surface area contributed by atoms with Crippen LogP contribution in [0.5, 0.6) is 0 Å². The molecule has 0 atom stereocenters. The topological polar surface area (TPSA) is 101 Å². The summed E-state index contributed by atoms with van der Waals surface area (Å²) in [6.07, 6.45) is 6.68. The second-order valence-corrected chi connectivity index (χ2v) is 11.1. The third-order valence-electron chi connectivity index (χ3n) is 7.02. The van der Waals surface area contributed by atoms with Gasteiger partial charge in [0, 0.05) is 49.7 Å². The molecule has 41 heavy (non-hydrogen) atoms. The van der Waals surface area contributed by atoms with Crippen LogP contribution in [-0.2, 0) is 20.9 Å². The fraction of sp³-hybridized carbons (Fsp3) is 0.500. The number of ether oxygens (including phenoxy) is 1. The summed E-state index contributed by atoms with van der Waals surface area (Å²) in [7, 11) is 0. The van der Waals surface area contributed by atoms with Crippen molar-refractivity contribution in [1.82, 2.24) is 25.6 Å². The summed E-state index contributed by atoms with van der Waals surface area (Å²) < 4.78 is 7.63. The van der Waals surface area contributed by atoms with Gasteiger partial charge in [-0.05, 0) is 45.8 Å². The van der Waals surface area contributed by atoms with Crippen LogP contribution in [-0.4, -0.2) is 64.7 Å². The third kappa shape index (κ3) is 8.47. The van der Waals surface area contributed by atoms with Gasteiger partial charge in [-0.25, -0.2) is 4.68 Å². The monoisotopic (exact) mass is 562 g/mol. The van der Waals surface area contributed by atoms with Crippen molar-refractivity contribution in [1.29, 1.82) is 0 Å². The molecule has 0 spiro atoms. The lowest BCUT2D eigenvalue weighted by atomic mass is 9.95. The number of carbonyl (C=O) groups is 2. The highest BCUT2D eigenvalue weighted by Crippen LogP contribution is 2.39. The molecule has 2 amide bonds. The lowest BCUT2D eigenvalue weighted by Gasteiger charge is -2.29. The zero-order chi connectivity index (χ0) is 30.0. The van der Waals surface area contributed by atoms with E-state index in [4.69, 9.17) is 4.74 Å². The van der Waals surface area contributed by atoms with E-state index in [0.29, 0.717) is 44.4 Å². The minimum absolute atomic E-state index is 0.0822. The average molecular weight is 563 g/mol. The number of hydrogen-bond donors (Lipinski definition) is 2. The Kier molecular flexibility index (Phi) is 11.6. The SMILES string of the molecule is C=C/C1=C(\C=C/C)c2c(nnn2CCNC(C)C)-c2ccccc2N(C(=O)CCC(=O)NCCC(C)(C)OCC)C1. The van der Waals surface area contributed by atoms with Crippen LogP contribution in [0.3, 0.4) is 0 Å². The Balaban J connectivity index is 1.89. The van der Waals surface area contributed by atoms with E-state index in [1.165, 1.54) is 0 Å². The largest absolute Gasteiger partial charge is 0.376 e. The minimum atomic E-state index is -0.310. The van der Waals surface area contributed by atoms with Crippen molar-refractivity contribution in [2.75, 3.05) is 31.1 Å². The van der Waals surface area contributed by atoms with Crippen molar-refractivity contribution in [3.8, 4) is 11.3 Å². The van der Waals surface area contributed by atoms with Gasteiger partial charge in [0.2, 0.25) is 11.8 Å². The highest BCUT2D eigenvalue weighted by Gasteiger charge is 2.29. The second kappa shape index (κ2) is 14.9. The molecule has 2 aromatic rings. The quantitative estimate of drug-likeness (QED) is 0.339. The number of hydrogen-bond acceptors (Lipinski definition) is 6. The standard InChI is InChI=1S/C32H46N6O3/c1-8-13-25-24(9-2)22-37(29(40)17-16-28(39)34-19-18-32(6,7)41-10-3)27-15-12-11-14-26(27)30-31(25)38(36-35-30)21-20-33-23(4)5/h8-9,11-15,23,33H,2,10,16-22H2,1,3-7H3,(H,34,39)/b13-8-,25-24-. The summed E-state index contributed by atoms with van der Waals surface area (Å²) in [5, 5.41) is 15.5. The van der Waals surface area contributed by atoms with Gasteiger partial charge in [-0.1, -0.05) is 62.1 Å². The highest BCUT2D eigenvalue weighted by atomic mass is 16.5. The summed E-state index contributed by atoms with van der Waals surface area (Å²) in [4.78, 5) is 28.0. The zero-order valence-electron chi connectivity index (χ0n) is 25.5. The molecule has 222 valence electrons. The third-order valence-corrected chi connectivity index (χ3v) is 7.02. The molecular weight excluding hydrogens is 516 g/mol. The number of carbonyl (C=O) groups excluding carboxylic acids is 2. The molecule has 1 aromatic carbocycles. The molecule has 2 N–H and O–H groups in total. The van der Waals surface area contributed by atoms with Gasteiger partial charge >= 0.3 is 0 Å². The maximum absolute atomic E-state index is 13.7. The molecule has 9 nitrogen and oxygen atoms in total. The predicted octanol–water partition coefficient (Wildman–Crippen LogP) is 4.91. The molecule has 0 saturated heterocycles. The van der Waals surface area contributed by atoms with Gasteiger partial charge in [-0.15, -0.1) is 5.10 Å². The molecule has 1 aliphatic heterocycles. The van der Waals surface area contributed by atoms with Crippen LogP contribution in [0.4, 0.5) is 5.69 Å². The summed E-state index contributed by atoms with van der Waals surface area (Å²) in [6.45, 7) is 19.1. The second-order valence-electron chi connectivity index (χ2n) is 11.1. The molecule has 1 aliphatic rings. The Labute approximate surface area is 244 Å². The fourth-order valence-corrected chi connectivity index (χ4v) is 4.94. The first-order chi connectivity index (χ1) is 19.6. The molecular formula is C32H46N6O3. The van der Waals surface area contributed by atoms with Crippen LogP contribution in [0, 0.1) is 0 Å². The van der Waals surface area contributed by atoms with Crippen LogP contribution in [0.2, 0.25) is 0 Å². The number of nitrogens with zero attached hydrogens (tertiary/aromatic N) is 4. The fourth-order valence-electron chi connectivity index (χ4n) is 4.94. The first kappa shape index (κ1) is 32.0. The Hall–Kier alpha value is -3.56. The normalized spacial score (nSPS) is 15.4. The summed E-state index contributed by atoms with van der Waals surface area (Å²) in [5.74, 6) is -0.293. The molecule has 0 unspecified atom stereocenters. The van der Waals surface area contributed by atoms with Crippen molar-refractivity contribution >= 4 is 23.1 Å². The lowest BCUT2D eigenvalue weighted by molar-refractivity contribution is -0.125. The van der Waals surface area contributed by atoms with Gasteiger partial charge in [-0.3, -0.25) is 9.59 Å². The molecule has 9 heteroatoms. The molecule has 3 rings (SSSR count). The predicted molar refractivity (Wildman–Crippen MR) is 165 cm³/mol. The summed E-state index contributed by atoms with van der Waals surface area (Å²) >= 11 is 0. The number of nitrogens with one attached hydrogen (secondary N) is 2. The van der Waals surface area contributed by atoms with E-state index in [1.54, 1.807) is 11.0 Å². The van der Waals surface area contributed by atoms with Gasteiger partial charge in [0.15, 0.2) is 0 Å².